The topological polar surface area (TPSA) is 49.2 Å². The van der Waals surface area contributed by atoms with Crippen LogP contribution in [0, 0.1) is 5.82 Å². The molecule has 1 saturated carbocycles. The van der Waals surface area contributed by atoms with Gasteiger partial charge >= 0.3 is 0 Å². The number of halogens is 1. The number of aryl methyl sites for hydroxylation is 1. The van der Waals surface area contributed by atoms with Gasteiger partial charge in [0.05, 0.1) is 11.3 Å². The molecule has 0 unspecified atom stereocenters. The van der Waals surface area contributed by atoms with Gasteiger partial charge in [-0.3, -0.25) is 0 Å². The van der Waals surface area contributed by atoms with Gasteiger partial charge in [-0.25, -0.2) is 14.4 Å². The summed E-state index contributed by atoms with van der Waals surface area (Å²) in [6.45, 7) is 2.78. The maximum atomic E-state index is 14.8. The highest BCUT2D eigenvalue weighted by molar-refractivity contribution is 5.42. The molecule has 24 heavy (non-hydrogen) atoms. The summed E-state index contributed by atoms with van der Waals surface area (Å²) >= 11 is 0. The first-order valence-corrected chi connectivity index (χ1v) is 8.62. The first-order chi connectivity index (χ1) is 11.6. The summed E-state index contributed by atoms with van der Waals surface area (Å²) in [5.41, 5.74) is 0.713. The van der Waals surface area contributed by atoms with Crippen molar-refractivity contribution in [1.29, 1.82) is 0 Å². The fourth-order valence-electron chi connectivity index (χ4n) is 3.42. The Morgan fingerprint density at radius 2 is 1.88 bits per heavy atom. The Morgan fingerprint density at radius 3 is 2.54 bits per heavy atom. The number of hydrogen-bond donors (Lipinski definition) is 1. The van der Waals surface area contributed by atoms with E-state index >= 15 is 0 Å². The zero-order valence-corrected chi connectivity index (χ0v) is 14.1. The van der Waals surface area contributed by atoms with Gasteiger partial charge in [0.1, 0.15) is 6.33 Å². The van der Waals surface area contributed by atoms with Crippen LogP contribution in [-0.2, 0) is 13.0 Å². The third-order valence-electron chi connectivity index (χ3n) is 4.71. The van der Waals surface area contributed by atoms with Gasteiger partial charge in [0.15, 0.2) is 11.6 Å². The first-order valence-electron chi connectivity index (χ1n) is 8.62. The van der Waals surface area contributed by atoms with Crippen LogP contribution < -0.4 is 4.90 Å². The van der Waals surface area contributed by atoms with Crippen LogP contribution >= 0.6 is 0 Å². The van der Waals surface area contributed by atoms with Gasteiger partial charge < -0.3 is 10.0 Å². The minimum absolute atomic E-state index is 0.283. The molecule has 3 rings (SSSR count). The molecule has 0 aliphatic heterocycles. The standard InChI is InChI=1S/C19H24FN3O/c1-2-16-17(20)18(22-14-21-16)23(12-15-8-4-3-5-9-15)13-19(24)10-6-7-11-19/h3-5,8-9,14,24H,2,6-7,10-13H2,1H3. The number of benzene rings is 1. The van der Waals surface area contributed by atoms with E-state index in [-0.39, 0.29) is 11.6 Å². The second-order valence-electron chi connectivity index (χ2n) is 6.58. The maximum absolute atomic E-state index is 14.8. The number of nitrogens with zero attached hydrogens (tertiary/aromatic N) is 3. The average molecular weight is 329 g/mol. The molecule has 2 aromatic rings. The second-order valence-corrected chi connectivity index (χ2v) is 6.58. The molecule has 0 saturated heterocycles. The Balaban J connectivity index is 1.92. The molecule has 0 radical (unpaired) electrons. The van der Waals surface area contributed by atoms with Crippen molar-refractivity contribution in [3.05, 3.63) is 53.7 Å². The predicted molar refractivity (Wildman–Crippen MR) is 92.3 cm³/mol. The van der Waals surface area contributed by atoms with Crippen molar-refractivity contribution in [2.75, 3.05) is 11.4 Å². The minimum atomic E-state index is -0.765. The van der Waals surface area contributed by atoms with E-state index in [1.54, 1.807) is 0 Å². The van der Waals surface area contributed by atoms with Gasteiger partial charge in [0.25, 0.3) is 0 Å². The molecular weight excluding hydrogens is 305 g/mol. The van der Waals surface area contributed by atoms with E-state index in [0.717, 1.165) is 31.2 Å². The SMILES string of the molecule is CCc1ncnc(N(Cc2ccccc2)CC2(O)CCCC2)c1F. The molecule has 1 N–H and O–H groups in total. The lowest BCUT2D eigenvalue weighted by Crippen LogP contribution is -2.41. The van der Waals surface area contributed by atoms with E-state index in [4.69, 9.17) is 0 Å². The van der Waals surface area contributed by atoms with E-state index in [2.05, 4.69) is 9.97 Å². The third-order valence-corrected chi connectivity index (χ3v) is 4.71. The maximum Gasteiger partial charge on any atom is 0.187 e. The van der Waals surface area contributed by atoms with E-state index in [1.165, 1.54) is 6.33 Å². The van der Waals surface area contributed by atoms with Crippen LogP contribution in [0.15, 0.2) is 36.7 Å². The van der Waals surface area contributed by atoms with Gasteiger partial charge in [-0.15, -0.1) is 0 Å². The first kappa shape index (κ1) is 16.8. The molecule has 1 aromatic heterocycles. The summed E-state index contributed by atoms with van der Waals surface area (Å²) in [7, 11) is 0. The molecule has 0 bridgehead atoms. The number of anilines is 1. The van der Waals surface area contributed by atoms with Crippen molar-refractivity contribution in [2.24, 2.45) is 0 Å². The summed E-state index contributed by atoms with van der Waals surface area (Å²) in [6.07, 6.45) is 5.47. The molecule has 5 heteroatoms. The molecule has 1 aliphatic rings. The largest absolute Gasteiger partial charge is 0.388 e. The quantitative estimate of drug-likeness (QED) is 0.881. The number of rotatable bonds is 6. The van der Waals surface area contributed by atoms with Crippen LogP contribution in [0.3, 0.4) is 0 Å². The molecule has 0 atom stereocenters. The van der Waals surface area contributed by atoms with E-state index in [1.807, 2.05) is 42.2 Å². The van der Waals surface area contributed by atoms with Crippen molar-refractivity contribution < 1.29 is 9.50 Å². The Bertz CT molecular complexity index is 672. The predicted octanol–water partition coefficient (Wildman–Crippen LogP) is 3.49. The van der Waals surface area contributed by atoms with E-state index < -0.39 is 5.60 Å². The Hall–Kier alpha value is -2.01. The molecule has 1 fully saturated rings. The summed E-state index contributed by atoms with van der Waals surface area (Å²) in [5.74, 6) is -0.0939. The third kappa shape index (κ3) is 3.73. The normalized spacial score (nSPS) is 16.3. The Morgan fingerprint density at radius 1 is 1.17 bits per heavy atom. The fourth-order valence-corrected chi connectivity index (χ4v) is 3.42. The van der Waals surface area contributed by atoms with Crippen LogP contribution in [0.5, 0.6) is 0 Å². The molecule has 1 aromatic carbocycles. The van der Waals surface area contributed by atoms with Crippen molar-refractivity contribution in [2.45, 2.75) is 51.2 Å². The summed E-state index contributed by atoms with van der Waals surface area (Å²) < 4.78 is 14.8. The van der Waals surface area contributed by atoms with E-state index in [9.17, 15) is 9.50 Å². The lowest BCUT2D eigenvalue weighted by atomic mass is 10.0. The van der Waals surface area contributed by atoms with Gasteiger partial charge in [-0.05, 0) is 24.8 Å². The van der Waals surface area contributed by atoms with Gasteiger partial charge in [-0.1, -0.05) is 50.1 Å². The highest BCUT2D eigenvalue weighted by Crippen LogP contribution is 2.32. The monoisotopic (exact) mass is 329 g/mol. The van der Waals surface area contributed by atoms with Crippen molar-refractivity contribution in [1.82, 2.24) is 9.97 Å². The summed E-state index contributed by atoms with van der Waals surface area (Å²) in [5, 5.41) is 10.8. The second kappa shape index (κ2) is 7.26. The zero-order valence-electron chi connectivity index (χ0n) is 14.1. The smallest absolute Gasteiger partial charge is 0.187 e. The van der Waals surface area contributed by atoms with Crippen LogP contribution in [0.4, 0.5) is 10.2 Å². The molecule has 0 amide bonds. The lowest BCUT2D eigenvalue weighted by molar-refractivity contribution is 0.0541. The molecule has 4 nitrogen and oxygen atoms in total. The van der Waals surface area contributed by atoms with Crippen LogP contribution in [0.2, 0.25) is 0 Å². The van der Waals surface area contributed by atoms with Crippen LogP contribution in [-0.4, -0.2) is 27.2 Å². The van der Waals surface area contributed by atoms with Crippen molar-refractivity contribution >= 4 is 5.82 Å². The minimum Gasteiger partial charge on any atom is -0.388 e. The molecular formula is C19H24FN3O. The fraction of sp³-hybridized carbons (Fsp3) is 0.474. The number of aromatic nitrogens is 2. The molecule has 0 spiro atoms. The van der Waals surface area contributed by atoms with Gasteiger partial charge in [0.2, 0.25) is 0 Å². The highest BCUT2D eigenvalue weighted by Gasteiger charge is 2.34. The lowest BCUT2D eigenvalue weighted by Gasteiger charge is -2.32. The molecule has 1 aliphatic carbocycles. The Labute approximate surface area is 142 Å². The number of aliphatic hydroxyl groups is 1. The highest BCUT2D eigenvalue weighted by atomic mass is 19.1. The molecule has 128 valence electrons. The van der Waals surface area contributed by atoms with Gasteiger partial charge in [0, 0.05) is 13.1 Å². The number of hydrogen-bond acceptors (Lipinski definition) is 4. The summed E-state index contributed by atoms with van der Waals surface area (Å²) in [4.78, 5) is 10.1. The van der Waals surface area contributed by atoms with Crippen LogP contribution in [0.25, 0.3) is 0 Å². The molecule has 1 heterocycles. The van der Waals surface area contributed by atoms with Crippen molar-refractivity contribution in [3.8, 4) is 0 Å². The van der Waals surface area contributed by atoms with E-state index in [0.29, 0.717) is 25.2 Å². The Kier molecular flexibility index (Phi) is 5.09. The van der Waals surface area contributed by atoms with Crippen molar-refractivity contribution in [3.63, 3.8) is 0 Å². The average Bonchev–Trinajstić information content (AvgIpc) is 3.02. The zero-order chi connectivity index (χ0) is 17.0. The van der Waals surface area contributed by atoms with Gasteiger partial charge in [-0.2, -0.15) is 0 Å². The summed E-state index contributed by atoms with van der Waals surface area (Å²) in [6, 6.07) is 9.90. The van der Waals surface area contributed by atoms with Crippen LogP contribution in [0.1, 0.15) is 43.9 Å².